The number of carbonyl (C=O) groups is 1. The Morgan fingerprint density at radius 2 is 2.13 bits per heavy atom. The number of hydrogen-bond donors (Lipinski definition) is 1. The van der Waals surface area contributed by atoms with Gasteiger partial charge in [-0.1, -0.05) is 18.5 Å². The Hall–Kier alpha value is -1.34. The molecule has 0 saturated carbocycles. The zero-order chi connectivity index (χ0) is 17.1. The molecule has 0 aromatic carbocycles. The lowest BCUT2D eigenvalue weighted by Crippen LogP contribution is -2.33. The first-order valence-electron chi connectivity index (χ1n) is 7.59. The normalized spacial score (nSPS) is 12.4. The van der Waals surface area contributed by atoms with Crippen molar-refractivity contribution < 1.29 is 4.79 Å². The fourth-order valence-corrected chi connectivity index (χ4v) is 3.10. The van der Waals surface area contributed by atoms with E-state index in [1.807, 2.05) is 32.4 Å². The first-order chi connectivity index (χ1) is 10.9. The van der Waals surface area contributed by atoms with E-state index in [0.717, 1.165) is 28.1 Å². The van der Waals surface area contributed by atoms with Gasteiger partial charge in [-0.15, -0.1) is 0 Å². The van der Waals surface area contributed by atoms with Crippen molar-refractivity contribution in [3.8, 4) is 0 Å². The molecule has 6 nitrogen and oxygen atoms in total. The molecule has 2 aromatic heterocycles. The molecule has 1 N–H and O–H groups in total. The Bertz CT molecular complexity index is 709. The minimum absolute atomic E-state index is 0.0782. The fourth-order valence-electron chi connectivity index (χ4n) is 2.54. The van der Waals surface area contributed by atoms with E-state index in [2.05, 4.69) is 31.4 Å². The van der Waals surface area contributed by atoms with Crippen LogP contribution in [-0.4, -0.2) is 25.5 Å². The molecule has 2 aromatic rings. The monoisotopic (exact) mass is 401 g/mol. The van der Waals surface area contributed by atoms with Crippen molar-refractivity contribution in [1.82, 2.24) is 24.9 Å². The summed E-state index contributed by atoms with van der Waals surface area (Å²) in [6, 6.07) is -0.377. The molecule has 1 atom stereocenters. The van der Waals surface area contributed by atoms with E-state index in [1.54, 1.807) is 10.9 Å². The van der Waals surface area contributed by atoms with Gasteiger partial charge < -0.3 is 5.32 Å². The van der Waals surface area contributed by atoms with Gasteiger partial charge in [0.2, 0.25) is 5.91 Å². The van der Waals surface area contributed by atoms with Crippen LogP contribution in [0.15, 0.2) is 10.7 Å². The SMILES string of the molecule is CCC(C(=O)NCc1c(Br)cnn1CC)n1nc(C)c(Cl)c1C. The van der Waals surface area contributed by atoms with E-state index in [1.165, 1.54) is 0 Å². The fraction of sp³-hybridized carbons (Fsp3) is 0.533. The highest BCUT2D eigenvalue weighted by Crippen LogP contribution is 2.24. The van der Waals surface area contributed by atoms with E-state index in [0.29, 0.717) is 18.0 Å². The van der Waals surface area contributed by atoms with Crippen LogP contribution in [0.2, 0.25) is 5.02 Å². The van der Waals surface area contributed by atoms with Crippen molar-refractivity contribution in [3.05, 3.63) is 32.8 Å². The van der Waals surface area contributed by atoms with Crippen LogP contribution in [0.1, 0.15) is 43.4 Å². The lowest BCUT2D eigenvalue weighted by Gasteiger charge is -2.17. The summed E-state index contributed by atoms with van der Waals surface area (Å²) < 4.78 is 4.45. The predicted molar refractivity (Wildman–Crippen MR) is 93.5 cm³/mol. The Labute approximate surface area is 149 Å². The molecule has 2 heterocycles. The standard InChI is InChI=1S/C15H21BrClN5O/c1-5-12(22-10(4)14(17)9(3)20-22)15(23)18-8-13-11(16)7-19-21(13)6-2/h7,12H,5-6,8H2,1-4H3,(H,18,23). The van der Waals surface area contributed by atoms with Gasteiger partial charge in [-0.05, 0) is 43.1 Å². The van der Waals surface area contributed by atoms with E-state index in [9.17, 15) is 4.79 Å². The van der Waals surface area contributed by atoms with Crippen molar-refractivity contribution >= 4 is 33.4 Å². The number of nitrogens with one attached hydrogen (secondary N) is 1. The lowest BCUT2D eigenvalue weighted by molar-refractivity contribution is -0.125. The minimum atomic E-state index is -0.377. The zero-order valence-electron chi connectivity index (χ0n) is 13.7. The van der Waals surface area contributed by atoms with Gasteiger partial charge in [0, 0.05) is 6.54 Å². The number of rotatable bonds is 6. The second kappa shape index (κ2) is 7.49. The van der Waals surface area contributed by atoms with Crippen LogP contribution < -0.4 is 5.32 Å². The molecule has 0 radical (unpaired) electrons. The van der Waals surface area contributed by atoms with Gasteiger partial charge in [0.25, 0.3) is 0 Å². The van der Waals surface area contributed by atoms with Crippen molar-refractivity contribution in [2.75, 3.05) is 0 Å². The van der Waals surface area contributed by atoms with Gasteiger partial charge in [0.1, 0.15) is 6.04 Å². The molecule has 0 bridgehead atoms. The van der Waals surface area contributed by atoms with Gasteiger partial charge in [0.05, 0.1) is 39.3 Å². The van der Waals surface area contributed by atoms with Crippen molar-refractivity contribution in [2.45, 2.75) is 53.2 Å². The first-order valence-corrected chi connectivity index (χ1v) is 8.76. The van der Waals surface area contributed by atoms with E-state index >= 15 is 0 Å². The van der Waals surface area contributed by atoms with Gasteiger partial charge in [-0.2, -0.15) is 10.2 Å². The van der Waals surface area contributed by atoms with Gasteiger partial charge >= 0.3 is 0 Å². The number of aryl methyl sites for hydroxylation is 2. The molecule has 2 rings (SSSR count). The average Bonchev–Trinajstić information content (AvgIpc) is 3.01. The number of nitrogens with zero attached hydrogens (tertiary/aromatic N) is 4. The third-order valence-electron chi connectivity index (χ3n) is 3.85. The van der Waals surface area contributed by atoms with Crippen LogP contribution in [0.4, 0.5) is 0 Å². The first kappa shape index (κ1) is 18.0. The molecule has 23 heavy (non-hydrogen) atoms. The third kappa shape index (κ3) is 3.61. The number of amides is 1. The number of halogens is 2. The van der Waals surface area contributed by atoms with E-state index < -0.39 is 0 Å². The molecule has 1 amide bonds. The molecule has 8 heteroatoms. The summed E-state index contributed by atoms with van der Waals surface area (Å²) in [7, 11) is 0. The maximum atomic E-state index is 12.6. The zero-order valence-corrected chi connectivity index (χ0v) is 16.1. The molecule has 0 aliphatic heterocycles. The largest absolute Gasteiger partial charge is 0.349 e. The summed E-state index contributed by atoms with van der Waals surface area (Å²) in [5.74, 6) is -0.0782. The lowest BCUT2D eigenvalue weighted by atomic mass is 10.2. The topological polar surface area (TPSA) is 64.7 Å². The molecule has 1 unspecified atom stereocenters. The maximum Gasteiger partial charge on any atom is 0.245 e. The second-order valence-electron chi connectivity index (χ2n) is 5.33. The summed E-state index contributed by atoms with van der Waals surface area (Å²) in [6.45, 7) is 8.85. The number of aromatic nitrogens is 4. The van der Waals surface area contributed by atoms with Gasteiger partial charge in [0.15, 0.2) is 0 Å². The highest BCUT2D eigenvalue weighted by atomic mass is 79.9. The number of hydrogen-bond acceptors (Lipinski definition) is 3. The van der Waals surface area contributed by atoms with Gasteiger partial charge in [-0.3, -0.25) is 14.2 Å². The van der Waals surface area contributed by atoms with Crippen LogP contribution in [0.5, 0.6) is 0 Å². The smallest absolute Gasteiger partial charge is 0.245 e. The van der Waals surface area contributed by atoms with Crippen LogP contribution in [0.25, 0.3) is 0 Å². The molecule has 0 fully saturated rings. The molecule has 0 saturated heterocycles. The Balaban J connectivity index is 2.14. The van der Waals surface area contributed by atoms with Crippen LogP contribution >= 0.6 is 27.5 Å². The van der Waals surface area contributed by atoms with E-state index in [-0.39, 0.29) is 11.9 Å². The third-order valence-corrected chi connectivity index (χ3v) is 5.06. The predicted octanol–water partition coefficient (Wildman–Crippen LogP) is 3.40. The van der Waals surface area contributed by atoms with Crippen molar-refractivity contribution in [2.24, 2.45) is 0 Å². The Morgan fingerprint density at radius 1 is 1.43 bits per heavy atom. The van der Waals surface area contributed by atoms with Crippen LogP contribution in [0, 0.1) is 13.8 Å². The Morgan fingerprint density at radius 3 is 2.65 bits per heavy atom. The maximum absolute atomic E-state index is 12.6. The summed E-state index contributed by atoms with van der Waals surface area (Å²) in [5, 5.41) is 12.2. The summed E-state index contributed by atoms with van der Waals surface area (Å²) >= 11 is 9.65. The summed E-state index contributed by atoms with van der Waals surface area (Å²) in [6.07, 6.45) is 2.38. The molecule has 0 aliphatic carbocycles. The summed E-state index contributed by atoms with van der Waals surface area (Å²) in [4.78, 5) is 12.6. The number of carbonyl (C=O) groups excluding carboxylic acids is 1. The second-order valence-corrected chi connectivity index (χ2v) is 6.56. The summed E-state index contributed by atoms with van der Waals surface area (Å²) in [5.41, 5.74) is 2.50. The quantitative estimate of drug-likeness (QED) is 0.805. The highest BCUT2D eigenvalue weighted by molar-refractivity contribution is 9.10. The molecular formula is C15H21BrClN5O. The van der Waals surface area contributed by atoms with Crippen molar-refractivity contribution in [3.63, 3.8) is 0 Å². The van der Waals surface area contributed by atoms with Crippen LogP contribution in [-0.2, 0) is 17.9 Å². The van der Waals surface area contributed by atoms with Gasteiger partial charge in [-0.25, -0.2) is 0 Å². The van der Waals surface area contributed by atoms with Crippen molar-refractivity contribution in [1.29, 1.82) is 0 Å². The van der Waals surface area contributed by atoms with Crippen LogP contribution in [0.3, 0.4) is 0 Å². The average molecular weight is 403 g/mol. The molecular weight excluding hydrogens is 382 g/mol. The van der Waals surface area contributed by atoms with E-state index in [4.69, 9.17) is 11.6 Å². The molecule has 126 valence electrons. The molecule has 0 spiro atoms. The highest BCUT2D eigenvalue weighted by Gasteiger charge is 2.23. The Kier molecular flexibility index (Phi) is 5.86. The minimum Gasteiger partial charge on any atom is -0.349 e. The molecule has 0 aliphatic rings.